The third-order valence-electron chi connectivity index (χ3n) is 5.73. The zero-order chi connectivity index (χ0) is 24.0. The number of nitrogens with zero attached hydrogens (tertiary/aromatic N) is 4. The molecule has 0 aromatic heterocycles. The minimum atomic E-state index is -1.11. The maximum atomic E-state index is 13.5. The maximum Gasteiger partial charge on any atom is 0.269 e. The van der Waals surface area contributed by atoms with Crippen LogP contribution in [0.2, 0.25) is 0 Å². The molecule has 34 heavy (non-hydrogen) atoms. The molecule has 0 N–H and O–H groups in total. The van der Waals surface area contributed by atoms with Gasteiger partial charge >= 0.3 is 0 Å². The van der Waals surface area contributed by atoms with Gasteiger partial charge < -0.3 is 0 Å². The van der Waals surface area contributed by atoms with Gasteiger partial charge in [0.2, 0.25) is 11.7 Å². The lowest BCUT2D eigenvalue weighted by atomic mass is 9.92. The summed E-state index contributed by atoms with van der Waals surface area (Å²) in [6.07, 6.45) is 0. The van der Waals surface area contributed by atoms with Gasteiger partial charge in [-0.2, -0.15) is 5.10 Å². The second-order valence-electron chi connectivity index (χ2n) is 7.71. The van der Waals surface area contributed by atoms with Gasteiger partial charge in [0.15, 0.2) is 0 Å². The van der Waals surface area contributed by atoms with Gasteiger partial charge in [0.05, 0.1) is 16.3 Å². The van der Waals surface area contributed by atoms with E-state index in [1.54, 1.807) is 54.6 Å². The summed E-state index contributed by atoms with van der Waals surface area (Å²) in [4.78, 5) is 51.7. The fourth-order valence-electron chi connectivity index (χ4n) is 4.12. The number of ketones is 1. The summed E-state index contributed by atoms with van der Waals surface area (Å²) in [5, 5.41) is 16.8. The third-order valence-corrected chi connectivity index (χ3v) is 6.26. The molecule has 2 atom stereocenters. The number of para-hydroxylation sites is 1. The second-order valence-corrected chi connectivity index (χ2v) is 8.62. The highest BCUT2D eigenvalue weighted by atomic mass is 79.9. The van der Waals surface area contributed by atoms with E-state index in [2.05, 4.69) is 21.0 Å². The number of halogens is 1. The molecule has 0 saturated carbocycles. The first-order chi connectivity index (χ1) is 16.4. The Hall–Kier alpha value is -4.18. The Bertz CT molecular complexity index is 1360. The quantitative estimate of drug-likeness (QED) is 0.218. The fraction of sp³-hybridized carbons (Fsp3) is 0.0833. The summed E-state index contributed by atoms with van der Waals surface area (Å²) < 4.78 is 0.790. The minimum absolute atomic E-state index is 0.0288. The number of benzene rings is 3. The number of rotatable bonds is 5. The van der Waals surface area contributed by atoms with Crippen LogP contribution < -0.4 is 9.91 Å². The van der Waals surface area contributed by atoms with Gasteiger partial charge in [-0.15, -0.1) is 0 Å². The normalized spacial score (nSPS) is 19.3. The molecule has 9 nitrogen and oxygen atoms in total. The van der Waals surface area contributed by atoms with Gasteiger partial charge in [-0.25, -0.2) is 4.90 Å². The summed E-state index contributed by atoms with van der Waals surface area (Å²) >= 11 is 3.33. The number of fused-ring (bicyclic) bond motifs is 1. The van der Waals surface area contributed by atoms with E-state index in [0.717, 1.165) is 9.37 Å². The number of Topliss-reactive ketones (excluding diaryl/α,β-unsaturated/α-hetero) is 1. The van der Waals surface area contributed by atoms with Gasteiger partial charge in [-0.3, -0.25) is 29.5 Å². The lowest BCUT2D eigenvalue weighted by Gasteiger charge is -2.22. The lowest BCUT2D eigenvalue weighted by molar-refractivity contribution is -0.384. The van der Waals surface area contributed by atoms with Crippen molar-refractivity contribution in [3.05, 3.63) is 99.0 Å². The summed E-state index contributed by atoms with van der Waals surface area (Å²) in [6, 6.07) is 19.5. The standard InChI is InChI=1S/C24H15BrN4O5/c25-15-8-6-14(7-9-15)22(30)20-19-21(28(26-20)17-4-2-1-3-5-17)24(32)27(23(19)31)16-10-12-18(13-11-16)29(33)34/h1-13,19,21H/t19-,21-/m1/s1. The van der Waals surface area contributed by atoms with Gasteiger partial charge in [-0.05, 0) is 48.5 Å². The Kier molecular flexibility index (Phi) is 5.29. The molecule has 1 fully saturated rings. The number of hydrazone groups is 1. The molecule has 0 spiro atoms. The van der Waals surface area contributed by atoms with Crippen molar-refractivity contribution in [3.8, 4) is 0 Å². The predicted octanol–water partition coefficient (Wildman–Crippen LogP) is 3.97. The number of imide groups is 1. The molecular formula is C24H15BrN4O5. The van der Waals surface area contributed by atoms with Crippen molar-refractivity contribution in [1.29, 1.82) is 0 Å². The van der Waals surface area contributed by atoms with E-state index in [4.69, 9.17) is 0 Å². The number of nitro benzene ring substituents is 1. The van der Waals surface area contributed by atoms with E-state index in [0.29, 0.717) is 11.3 Å². The predicted molar refractivity (Wildman–Crippen MR) is 128 cm³/mol. The number of carbonyl (C=O) groups excluding carboxylic acids is 3. The number of hydrogen-bond donors (Lipinski definition) is 0. The molecule has 0 aliphatic carbocycles. The molecule has 2 amide bonds. The molecule has 1 saturated heterocycles. The Labute approximate surface area is 201 Å². The first-order valence-electron chi connectivity index (χ1n) is 10.2. The van der Waals surface area contributed by atoms with Crippen LogP contribution >= 0.6 is 15.9 Å². The first kappa shape index (κ1) is 21.7. The average molecular weight is 519 g/mol. The van der Waals surface area contributed by atoms with Crippen molar-refractivity contribution in [2.45, 2.75) is 6.04 Å². The Morgan fingerprint density at radius 3 is 2.15 bits per heavy atom. The number of non-ortho nitro benzene ring substituents is 1. The zero-order valence-electron chi connectivity index (χ0n) is 17.4. The summed E-state index contributed by atoms with van der Waals surface area (Å²) in [6.45, 7) is 0. The molecule has 2 aliphatic rings. The first-order valence-corrected chi connectivity index (χ1v) is 11.0. The largest absolute Gasteiger partial charge is 0.287 e. The Morgan fingerprint density at radius 1 is 0.882 bits per heavy atom. The van der Waals surface area contributed by atoms with Crippen LogP contribution in [0.25, 0.3) is 0 Å². The number of amides is 2. The van der Waals surface area contributed by atoms with Crippen molar-refractivity contribution in [2.24, 2.45) is 11.0 Å². The van der Waals surface area contributed by atoms with E-state index in [1.807, 2.05) is 0 Å². The van der Waals surface area contributed by atoms with Gasteiger partial charge in [-0.1, -0.05) is 34.1 Å². The average Bonchev–Trinajstić information content (AvgIpc) is 3.36. The van der Waals surface area contributed by atoms with Crippen LogP contribution in [0.4, 0.5) is 17.1 Å². The second kappa shape index (κ2) is 8.31. The summed E-state index contributed by atoms with van der Waals surface area (Å²) in [5.74, 6) is -2.73. The van der Waals surface area contributed by atoms with E-state index in [-0.39, 0.29) is 17.1 Å². The van der Waals surface area contributed by atoms with Gasteiger partial charge in [0, 0.05) is 22.2 Å². The lowest BCUT2D eigenvalue weighted by Crippen LogP contribution is -2.39. The molecule has 2 aliphatic heterocycles. The van der Waals surface area contributed by atoms with Crippen molar-refractivity contribution < 1.29 is 19.3 Å². The number of hydrogen-bond acceptors (Lipinski definition) is 7. The molecular weight excluding hydrogens is 504 g/mol. The molecule has 3 aromatic carbocycles. The van der Waals surface area contributed by atoms with Crippen LogP contribution in [0.5, 0.6) is 0 Å². The molecule has 168 valence electrons. The van der Waals surface area contributed by atoms with Gasteiger partial charge in [0.1, 0.15) is 17.7 Å². The topological polar surface area (TPSA) is 113 Å². The summed E-state index contributed by atoms with van der Waals surface area (Å²) in [5.41, 5.74) is 0.895. The van der Waals surface area contributed by atoms with Crippen LogP contribution in [-0.2, 0) is 9.59 Å². The van der Waals surface area contributed by atoms with E-state index in [9.17, 15) is 24.5 Å². The van der Waals surface area contributed by atoms with Crippen LogP contribution in [0.1, 0.15) is 10.4 Å². The van der Waals surface area contributed by atoms with Crippen LogP contribution in [-0.4, -0.2) is 34.3 Å². The number of carbonyl (C=O) groups is 3. The SMILES string of the molecule is O=C(C1=NN(c2ccccc2)[C@H]2C(=O)N(c3ccc([N+](=O)[O-])cc3)C(=O)[C@H]12)c1ccc(Br)cc1. The summed E-state index contributed by atoms with van der Waals surface area (Å²) in [7, 11) is 0. The van der Waals surface area contributed by atoms with Crippen molar-refractivity contribution in [1.82, 2.24) is 0 Å². The van der Waals surface area contributed by atoms with E-state index < -0.39 is 34.5 Å². The van der Waals surface area contributed by atoms with Crippen molar-refractivity contribution >= 4 is 56.3 Å². The Balaban J connectivity index is 1.58. The molecule has 0 radical (unpaired) electrons. The molecule has 2 heterocycles. The molecule has 0 unspecified atom stereocenters. The highest BCUT2D eigenvalue weighted by Gasteiger charge is 2.58. The van der Waals surface area contributed by atoms with Crippen molar-refractivity contribution in [3.63, 3.8) is 0 Å². The van der Waals surface area contributed by atoms with E-state index in [1.165, 1.54) is 29.3 Å². The van der Waals surface area contributed by atoms with Crippen LogP contribution in [0.15, 0.2) is 88.4 Å². The van der Waals surface area contributed by atoms with Gasteiger partial charge in [0.25, 0.3) is 11.6 Å². The minimum Gasteiger partial charge on any atom is -0.287 e. The van der Waals surface area contributed by atoms with Crippen LogP contribution in [0.3, 0.4) is 0 Å². The highest BCUT2D eigenvalue weighted by Crippen LogP contribution is 2.38. The maximum absolute atomic E-state index is 13.5. The Morgan fingerprint density at radius 2 is 1.53 bits per heavy atom. The van der Waals surface area contributed by atoms with E-state index >= 15 is 0 Å². The van der Waals surface area contributed by atoms with Crippen molar-refractivity contribution in [2.75, 3.05) is 9.91 Å². The molecule has 0 bridgehead atoms. The molecule has 10 heteroatoms. The molecule has 3 aromatic rings. The van der Waals surface area contributed by atoms with Crippen LogP contribution in [0, 0.1) is 16.0 Å². The highest BCUT2D eigenvalue weighted by molar-refractivity contribution is 9.10. The molecule has 5 rings (SSSR count). The zero-order valence-corrected chi connectivity index (χ0v) is 19.0. The smallest absolute Gasteiger partial charge is 0.269 e. The number of nitro groups is 1. The fourth-order valence-corrected chi connectivity index (χ4v) is 4.39. The number of anilines is 2. The third kappa shape index (κ3) is 3.48. The monoisotopic (exact) mass is 518 g/mol.